The Kier molecular flexibility index (Phi) is 6.83. The van der Waals surface area contributed by atoms with E-state index in [4.69, 9.17) is 37.1 Å². The highest BCUT2D eigenvalue weighted by Gasteiger charge is 2.20. The highest BCUT2D eigenvalue weighted by molar-refractivity contribution is 8.00. The second kappa shape index (κ2) is 9.34. The summed E-state index contributed by atoms with van der Waals surface area (Å²) in [6.07, 6.45) is 1.40. The Bertz CT molecular complexity index is 1030. The summed E-state index contributed by atoms with van der Waals surface area (Å²) in [6, 6.07) is 6.74. The average molecular weight is 455 g/mol. The lowest BCUT2D eigenvalue weighted by atomic mass is 10.2. The summed E-state index contributed by atoms with van der Waals surface area (Å²) >= 11 is 12.9. The van der Waals surface area contributed by atoms with Crippen LogP contribution < -0.4 is 14.8 Å². The van der Waals surface area contributed by atoms with Crippen molar-refractivity contribution in [2.45, 2.75) is 17.4 Å². The third kappa shape index (κ3) is 5.11. The molecule has 0 saturated heterocycles. The molecule has 0 bridgehead atoms. The van der Waals surface area contributed by atoms with Gasteiger partial charge in [-0.05, 0) is 31.2 Å². The molecule has 29 heavy (non-hydrogen) atoms. The number of methoxy groups -OCH3 is 2. The van der Waals surface area contributed by atoms with E-state index in [2.05, 4.69) is 20.5 Å². The van der Waals surface area contributed by atoms with E-state index in [1.54, 1.807) is 39.3 Å². The fourth-order valence-corrected chi connectivity index (χ4v) is 3.38. The van der Waals surface area contributed by atoms with Gasteiger partial charge in [-0.2, -0.15) is 0 Å². The summed E-state index contributed by atoms with van der Waals surface area (Å²) < 4.78 is 16.1. The maximum atomic E-state index is 12.4. The Balaban J connectivity index is 1.68. The van der Waals surface area contributed by atoms with Gasteiger partial charge in [0.2, 0.25) is 11.8 Å². The number of pyridine rings is 1. The summed E-state index contributed by atoms with van der Waals surface area (Å²) in [6.45, 7) is 1.70. The number of thioether (sulfide) groups is 1. The monoisotopic (exact) mass is 454 g/mol. The fraction of sp³-hybridized carbons (Fsp3) is 0.222. The molecule has 0 radical (unpaired) electrons. The molecule has 11 heteroatoms. The van der Waals surface area contributed by atoms with E-state index in [1.807, 2.05) is 0 Å². The van der Waals surface area contributed by atoms with Crippen LogP contribution in [0.25, 0.3) is 11.5 Å². The van der Waals surface area contributed by atoms with Crippen molar-refractivity contribution in [2.75, 3.05) is 19.5 Å². The first-order chi connectivity index (χ1) is 13.9. The van der Waals surface area contributed by atoms with Crippen molar-refractivity contribution < 1.29 is 18.7 Å². The number of nitrogens with zero attached hydrogens (tertiary/aromatic N) is 3. The van der Waals surface area contributed by atoms with Crippen molar-refractivity contribution in [1.82, 2.24) is 15.2 Å². The van der Waals surface area contributed by atoms with Crippen LogP contribution in [0.15, 0.2) is 40.1 Å². The number of aromatic nitrogens is 3. The summed E-state index contributed by atoms with van der Waals surface area (Å²) in [5.41, 5.74) is 0.663. The molecule has 152 valence electrons. The Morgan fingerprint density at radius 3 is 2.62 bits per heavy atom. The minimum absolute atomic E-state index is 0.227. The standard InChI is InChI=1S/C18H16Cl2N4O4S/c1-9(16(25)22-15-12(20)7-11(19)8-21-15)29-18-24-23-17(28-18)10-4-5-13(26-2)14(6-10)27-3/h4-9H,1-3H3,(H,21,22,25). The molecule has 0 aliphatic carbocycles. The molecule has 0 aliphatic heterocycles. The molecular weight excluding hydrogens is 439 g/mol. The lowest BCUT2D eigenvalue weighted by Gasteiger charge is -2.10. The van der Waals surface area contributed by atoms with Gasteiger partial charge in [0.15, 0.2) is 17.3 Å². The largest absolute Gasteiger partial charge is 0.493 e. The number of carbonyl (C=O) groups excluding carboxylic acids is 1. The van der Waals surface area contributed by atoms with Crippen molar-refractivity contribution in [3.63, 3.8) is 0 Å². The third-order valence-corrected chi connectivity index (χ3v) is 5.16. The zero-order chi connectivity index (χ0) is 21.0. The normalized spacial score (nSPS) is 11.8. The predicted molar refractivity (Wildman–Crippen MR) is 111 cm³/mol. The Morgan fingerprint density at radius 2 is 1.93 bits per heavy atom. The summed E-state index contributed by atoms with van der Waals surface area (Å²) in [5.74, 6) is 1.33. The molecule has 1 atom stereocenters. The molecule has 0 saturated carbocycles. The molecule has 1 amide bonds. The van der Waals surface area contributed by atoms with Gasteiger partial charge < -0.3 is 19.2 Å². The zero-order valence-corrected chi connectivity index (χ0v) is 17.9. The zero-order valence-electron chi connectivity index (χ0n) is 15.6. The number of anilines is 1. The molecule has 1 aromatic carbocycles. The molecule has 3 rings (SSSR count). The third-order valence-electron chi connectivity index (χ3n) is 3.73. The maximum absolute atomic E-state index is 12.4. The van der Waals surface area contributed by atoms with E-state index in [0.29, 0.717) is 28.0 Å². The van der Waals surface area contributed by atoms with Gasteiger partial charge in [-0.3, -0.25) is 4.79 Å². The number of nitrogens with one attached hydrogen (secondary N) is 1. The SMILES string of the molecule is COc1ccc(-c2nnc(SC(C)C(=O)Nc3ncc(Cl)cc3Cl)o2)cc1OC. The van der Waals surface area contributed by atoms with Crippen LogP contribution >= 0.6 is 35.0 Å². The smallest absolute Gasteiger partial charge is 0.277 e. The van der Waals surface area contributed by atoms with Crippen molar-refractivity contribution in [1.29, 1.82) is 0 Å². The molecule has 2 aromatic heterocycles. The summed E-state index contributed by atoms with van der Waals surface area (Å²) in [4.78, 5) is 16.4. The first-order valence-corrected chi connectivity index (χ1v) is 9.89. The van der Waals surface area contributed by atoms with E-state index in [1.165, 1.54) is 12.3 Å². The molecule has 1 unspecified atom stereocenters. The van der Waals surface area contributed by atoms with Gasteiger partial charge in [0.05, 0.1) is 29.5 Å². The van der Waals surface area contributed by atoms with Crippen LogP contribution in [0, 0.1) is 0 Å². The van der Waals surface area contributed by atoms with E-state index >= 15 is 0 Å². The topological polar surface area (TPSA) is 99.4 Å². The minimum atomic E-state index is -0.540. The predicted octanol–water partition coefficient (Wildman–Crippen LogP) is 4.57. The molecule has 3 aromatic rings. The number of ether oxygens (including phenoxy) is 2. The van der Waals surface area contributed by atoms with E-state index in [-0.39, 0.29) is 22.0 Å². The van der Waals surface area contributed by atoms with Gasteiger partial charge in [-0.1, -0.05) is 35.0 Å². The number of hydrogen-bond acceptors (Lipinski definition) is 8. The molecule has 8 nitrogen and oxygen atoms in total. The van der Waals surface area contributed by atoms with Crippen molar-refractivity contribution in [2.24, 2.45) is 0 Å². The Hall–Kier alpha value is -2.49. The lowest BCUT2D eigenvalue weighted by Crippen LogP contribution is -2.23. The number of carbonyl (C=O) groups is 1. The summed E-state index contributed by atoms with van der Waals surface area (Å²) in [7, 11) is 3.09. The van der Waals surface area contributed by atoms with Gasteiger partial charge in [-0.25, -0.2) is 4.98 Å². The van der Waals surface area contributed by atoms with Crippen LogP contribution in [0.2, 0.25) is 10.0 Å². The van der Waals surface area contributed by atoms with Gasteiger partial charge >= 0.3 is 0 Å². The van der Waals surface area contributed by atoms with Crippen LogP contribution in [0.4, 0.5) is 5.82 Å². The first kappa shape index (κ1) is 21.2. The highest BCUT2D eigenvalue weighted by atomic mass is 35.5. The number of rotatable bonds is 7. The van der Waals surface area contributed by atoms with E-state index in [0.717, 1.165) is 11.8 Å². The van der Waals surface area contributed by atoms with E-state index < -0.39 is 5.25 Å². The highest BCUT2D eigenvalue weighted by Crippen LogP contribution is 2.33. The van der Waals surface area contributed by atoms with Gasteiger partial charge in [0.25, 0.3) is 5.22 Å². The maximum Gasteiger partial charge on any atom is 0.277 e. The number of hydrogen-bond donors (Lipinski definition) is 1. The van der Waals surface area contributed by atoms with Crippen molar-refractivity contribution >= 4 is 46.7 Å². The molecule has 1 N–H and O–H groups in total. The second-order valence-electron chi connectivity index (χ2n) is 5.68. The molecule has 0 spiro atoms. The van der Waals surface area contributed by atoms with Crippen molar-refractivity contribution in [3.05, 3.63) is 40.5 Å². The van der Waals surface area contributed by atoms with Gasteiger partial charge in [0.1, 0.15) is 0 Å². The molecule has 2 heterocycles. The number of benzene rings is 1. The average Bonchev–Trinajstić information content (AvgIpc) is 3.17. The van der Waals surface area contributed by atoms with Crippen LogP contribution in [-0.4, -0.2) is 40.6 Å². The lowest BCUT2D eigenvalue weighted by molar-refractivity contribution is -0.115. The molecular formula is C18H16Cl2N4O4S. The van der Waals surface area contributed by atoms with Gasteiger partial charge in [-0.15, -0.1) is 10.2 Å². The second-order valence-corrected chi connectivity index (χ2v) is 7.81. The van der Waals surface area contributed by atoms with Crippen LogP contribution in [0.1, 0.15) is 6.92 Å². The Labute approximate surface area is 180 Å². The minimum Gasteiger partial charge on any atom is -0.493 e. The van der Waals surface area contributed by atoms with Crippen LogP contribution in [-0.2, 0) is 4.79 Å². The first-order valence-electron chi connectivity index (χ1n) is 8.25. The Morgan fingerprint density at radius 1 is 1.17 bits per heavy atom. The van der Waals surface area contributed by atoms with Gasteiger partial charge in [0, 0.05) is 11.8 Å². The molecule has 0 aliphatic rings. The summed E-state index contributed by atoms with van der Waals surface area (Å²) in [5, 5.41) is 11.0. The van der Waals surface area contributed by atoms with Crippen LogP contribution in [0.3, 0.4) is 0 Å². The van der Waals surface area contributed by atoms with Crippen molar-refractivity contribution in [3.8, 4) is 23.0 Å². The quantitative estimate of drug-likeness (QED) is 0.517. The number of halogens is 2. The van der Waals surface area contributed by atoms with E-state index in [9.17, 15) is 4.79 Å². The molecule has 0 fully saturated rings. The van der Waals surface area contributed by atoms with Crippen LogP contribution in [0.5, 0.6) is 11.5 Å². The fourth-order valence-electron chi connectivity index (χ4n) is 2.27. The number of amides is 1.